The summed E-state index contributed by atoms with van der Waals surface area (Å²) in [5, 5.41) is 1.46. The molecule has 0 spiro atoms. The minimum absolute atomic E-state index is 0.256. The summed E-state index contributed by atoms with van der Waals surface area (Å²) in [7, 11) is 1.92. The molecule has 3 heterocycles. The Bertz CT molecular complexity index is 734. The van der Waals surface area contributed by atoms with Crippen molar-refractivity contribution in [2.75, 3.05) is 5.73 Å². The lowest BCUT2D eigenvalue weighted by atomic mass is 10.1. The molecule has 0 atom stereocenters. The molecule has 0 aliphatic rings. The van der Waals surface area contributed by atoms with E-state index in [1.54, 1.807) is 12.3 Å². The Morgan fingerprint density at radius 3 is 2.83 bits per heavy atom. The Morgan fingerprint density at radius 2 is 2.06 bits per heavy atom. The monoisotopic (exact) mass is 259 g/mol. The van der Waals surface area contributed by atoms with Crippen molar-refractivity contribution in [3.8, 4) is 11.3 Å². The number of hydrogen-bond acceptors (Lipinski definition) is 4. The number of nitrogen functional groups attached to an aromatic ring is 1. The number of rotatable bonds is 1. The number of nitrogens with zero attached hydrogens (tertiary/aromatic N) is 4. The molecule has 2 N–H and O–H groups in total. The van der Waals surface area contributed by atoms with Crippen LogP contribution >= 0.6 is 11.6 Å². The molecule has 0 aliphatic heterocycles. The fourth-order valence-corrected chi connectivity index (χ4v) is 2.10. The third-order valence-corrected chi connectivity index (χ3v) is 2.95. The Balaban J connectivity index is 2.30. The van der Waals surface area contributed by atoms with E-state index in [2.05, 4.69) is 15.0 Å². The van der Waals surface area contributed by atoms with Crippen LogP contribution in [0.25, 0.3) is 22.3 Å². The van der Waals surface area contributed by atoms with E-state index >= 15 is 0 Å². The van der Waals surface area contributed by atoms with Crippen molar-refractivity contribution in [2.24, 2.45) is 7.05 Å². The van der Waals surface area contributed by atoms with Crippen LogP contribution in [0, 0.1) is 0 Å². The number of halogens is 1. The minimum atomic E-state index is 0.256. The van der Waals surface area contributed by atoms with E-state index in [0.717, 1.165) is 22.3 Å². The van der Waals surface area contributed by atoms with E-state index in [9.17, 15) is 0 Å². The predicted molar refractivity (Wildman–Crippen MR) is 71.2 cm³/mol. The number of hydrogen-bond donors (Lipinski definition) is 1. The first-order chi connectivity index (χ1) is 8.65. The second-order valence-corrected chi connectivity index (χ2v) is 4.35. The largest absolute Gasteiger partial charge is 0.368 e. The number of aromatic nitrogens is 4. The maximum Gasteiger partial charge on any atom is 0.220 e. The first kappa shape index (κ1) is 11.0. The maximum atomic E-state index is 5.90. The van der Waals surface area contributed by atoms with Gasteiger partial charge in [-0.1, -0.05) is 11.6 Å². The van der Waals surface area contributed by atoms with E-state index in [-0.39, 0.29) is 5.95 Å². The lowest BCUT2D eigenvalue weighted by Crippen LogP contribution is -1.94. The molecule has 5 nitrogen and oxygen atoms in total. The van der Waals surface area contributed by atoms with E-state index in [1.807, 2.05) is 29.9 Å². The Hall–Kier alpha value is -2.14. The van der Waals surface area contributed by atoms with Gasteiger partial charge in [-0.25, -0.2) is 15.0 Å². The van der Waals surface area contributed by atoms with Gasteiger partial charge in [0.1, 0.15) is 10.8 Å². The molecule has 3 rings (SSSR count). The highest BCUT2D eigenvalue weighted by molar-refractivity contribution is 6.29. The molecule has 18 heavy (non-hydrogen) atoms. The van der Waals surface area contributed by atoms with Gasteiger partial charge in [-0.2, -0.15) is 0 Å². The molecule has 3 aromatic heterocycles. The van der Waals surface area contributed by atoms with Gasteiger partial charge in [0.05, 0.1) is 5.69 Å². The van der Waals surface area contributed by atoms with E-state index < -0.39 is 0 Å². The molecule has 6 heteroatoms. The smallest absolute Gasteiger partial charge is 0.220 e. The van der Waals surface area contributed by atoms with Gasteiger partial charge in [-0.05, 0) is 18.2 Å². The quantitative estimate of drug-likeness (QED) is 0.681. The molecular weight excluding hydrogens is 250 g/mol. The molecule has 0 saturated heterocycles. The fourth-order valence-electron chi connectivity index (χ4n) is 1.96. The topological polar surface area (TPSA) is 69.6 Å². The maximum absolute atomic E-state index is 5.90. The van der Waals surface area contributed by atoms with Crippen molar-refractivity contribution in [2.45, 2.75) is 0 Å². The lowest BCUT2D eigenvalue weighted by molar-refractivity contribution is 0.949. The summed E-state index contributed by atoms with van der Waals surface area (Å²) in [5.74, 6) is 0.256. The molecule has 0 unspecified atom stereocenters. The molecule has 3 aromatic rings. The van der Waals surface area contributed by atoms with Crippen LogP contribution in [0.2, 0.25) is 5.15 Å². The number of pyridine rings is 1. The van der Waals surface area contributed by atoms with E-state index in [1.165, 1.54) is 0 Å². The van der Waals surface area contributed by atoms with Crippen molar-refractivity contribution in [3.05, 3.63) is 35.7 Å². The Morgan fingerprint density at radius 1 is 1.22 bits per heavy atom. The van der Waals surface area contributed by atoms with Crippen molar-refractivity contribution in [1.29, 1.82) is 0 Å². The second-order valence-electron chi connectivity index (χ2n) is 3.96. The SMILES string of the molecule is Cn1cc(-c2ccnc(N)n2)c2ccc(Cl)nc21. The van der Waals surface area contributed by atoms with Crippen LogP contribution in [-0.2, 0) is 7.05 Å². The van der Waals surface area contributed by atoms with Crippen molar-refractivity contribution >= 4 is 28.6 Å². The first-order valence-electron chi connectivity index (χ1n) is 5.35. The van der Waals surface area contributed by atoms with Gasteiger partial charge in [0, 0.05) is 30.4 Å². The highest BCUT2D eigenvalue weighted by Crippen LogP contribution is 2.28. The summed E-state index contributed by atoms with van der Waals surface area (Å²) in [4.78, 5) is 12.4. The van der Waals surface area contributed by atoms with Gasteiger partial charge < -0.3 is 10.3 Å². The van der Waals surface area contributed by atoms with E-state index in [4.69, 9.17) is 17.3 Å². The highest BCUT2D eigenvalue weighted by Gasteiger charge is 2.11. The zero-order valence-electron chi connectivity index (χ0n) is 9.63. The summed E-state index contributed by atoms with van der Waals surface area (Å²) in [5.41, 5.74) is 8.16. The van der Waals surface area contributed by atoms with Crippen LogP contribution < -0.4 is 5.73 Å². The summed E-state index contributed by atoms with van der Waals surface area (Å²) in [6.45, 7) is 0. The third kappa shape index (κ3) is 1.69. The molecule has 0 aromatic carbocycles. The number of anilines is 1. The molecule has 90 valence electrons. The van der Waals surface area contributed by atoms with Crippen LogP contribution in [0.1, 0.15) is 0 Å². The molecular formula is C12H10ClN5. The molecule has 0 aliphatic carbocycles. The van der Waals surface area contributed by atoms with Crippen molar-refractivity contribution < 1.29 is 0 Å². The zero-order chi connectivity index (χ0) is 12.7. The Labute approximate surface area is 108 Å². The van der Waals surface area contributed by atoms with Gasteiger partial charge in [0.25, 0.3) is 0 Å². The van der Waals surface area contributed by atoms with Crippen molar-refractivity contribution in [1.82, 2.24) is 19.5 Å². The molecule has 0 bridgehead atoms. The zero-order valence-corrected chi connectivity index (χ0v) is 10.4. The van der Waals surface area contributed by atoms with Crippen molar-refractivity contribution in [3.63, 3.8) is 0 Å². The highest BCUT2D eigenvalue weighted by atomic mass is 35.5. The van der Waals surface area contributed by atoms with Crippen LogP contribution in [0.3, 0.4) is 0 Å². The molecule has 0 saturated carbocycles. The minimum Gasteiger partial charge on any atom is -0.368 e. The second kappa shape index (κ2) is 3.96. The van der Waals surface area contributed by atoms with Crippen LogP contribution in [-0.4, -0.2) is 19.5 Å². The van der Waals surface area contributed by atoms with Crippen LogP contribution in [0.15, 0.2) is 30.6 Å². The summed E-state index contributed by atoms with van der Waals surface area (Å²) < 4.78 is 1.91. The van der Waals surface area contributed by atoms with E-state index in [0.29, 0.717) is 5.15 Å². The average molecular weight is 260 g/mol. The molecule has 0 fully saturated rings. The lowest BCUT2D eigenvalue weighted by Gasteiger charge is -1.99. The van der Waals surface area contributed by atoms with Crippen LogP contribution in [0.5, 0.6) is 0 Å². The number of fused-ring (bicyclic) bond motifs is 1. The summed E-state index contributed by atoms with van der Waals surface area (Å²) >= 11 is 5.90. The molecule has 0 amide bonds. The summed E-state index contributed by atoms with van der Waals surface area (Å²) in [6.07, 6.45) is 3.59. The van der Waals surface area contributed by atoms with Gasteiger partial charge in [0.15, 0.2) is 0 Å². The predicted octanol–water partition coefficient (Wildman–Crippen LogP) is 2.27. The molecule has 0 radical (unpaired) electrons. The third-order valence-electron chi connectivity index (χ3n) is 2.74. The normalized spacial score (nSPS) is 11.0. The number of nitrogens with two attached hydrogens (primary N) is 1. The standard InChI is InChI=1S/C12H10ClN5/c1-18-6-8(9-4-5-15-12(14)16-9)7-2-3-10(13)17-11(7)18/h2-6H,1H3,(H2,14,15,16). The Kier molecular flexibility index (Phi) is 2.41. The fraction of sp³-hybridized carbons (Fsp3) is 0.0833. The van der Waals surface area contributed by atoms with Gasteiger partial charge in [-0.15, -0.1) is 0 Å². The van der Waals surface area contributed by atoms with Gasteiger partial charge in [-0.3, -0.25) is 0 Å². The van der Waals surface area contributed by atoms with Gasteiger partial charge in [0.2, 0.25) is 5.95 Å². The first-order valence-corrected chi connectivity index (χ1v) is 5.73. The van der Waals surface area contributed by atoms with Crippen LogP contribution in [0.4, 0.5) is 5.95 Å². The summed E-state index contributed by atoms with van der Waals surface area (Å²) in [6, 6.07) is 5.51. The van der Waals surface area contributed by atoms with Gasteiger partial charge >= 0.3 is 0 Å². The average Bonchev–Trinajstić information content (AvgIpc) is 2.67. The number of aryl methyl sites for hydroxylation is 1.